The van der Waals surface area contributed by atoms with E-state index in [0.717, 1.165) is 6.54 Å². The van der Waals surface area contributed by atoms with E-state index in [1.165, 1.54) is 24.3 Å². The van der Waals surface area contributed by atoms with Crippen LogP contribution in [0.2, 0.25) is 0 Å². The Morgan fingerprint density at radius 3 is 2.55 bits per heavy atom. The van der Waals surface area contributed by atoms with E-state index in [4.69, 9.17) is 9.47 Å². The summed E-state index contributed by atoms with van der Waals surface area (Å²) in [4.78, 5) is 41.5. The number of rotatable bonds is 6. The number of hydrogen-bond donors (Lipinski definition) is 0. The molecule has 0 aliphatic carbocycles. The lowest BCUT2D eigenvalue weighted by Gasteiger charge is -2.19. The molecule has 0 radical (unpaired) electrons. The Labute approximate surface area is 193 Å². The average molecular weight is 454 g/mol. The Kier molecular flexibility index (Phi) is 6.83. The third kappa shape index (κ3) is 5.11. The standard InChI is InChI=1S/C25H31N3O5/c1-17-4-6-18(7-5-17)15-27-9-8-20-24(25(31)32-3)21(13-23(30)28(20)11-10-27)33-16-19-12-22(29)26(2)14-19/h4-7,13,19H,8-12,14-16H2,1-3H3. The van der Waals surface area contributed by atoms with Crippen LogP contribution in [-0.4, -0.2) is 66.6 Å². The summed E-state index contributed by atoms with van der Waals surface area (Å²) in [7, 11) is 3.10. The lowest BCUT2D eigenvalue weighted by Crippen LogP contribution is -2.29. The molecule has 1 saturated heterocycles. The van der Waals surface area contributed by atoms with Crippen molar-refractivity contribution in [3.8, 4) is 5.75 Å². The zero-order chi connectivity index (χ0) is 23.5. The fourth-order valence-electron chi connectivity index (χ4n) is 4.61. The van der Waals surface area contributed by atoms with E-state index in [1.807, 2.05) is 0 Å². The number of methoxy groups -OCH3 is 1. The second-order valence-electron chi connectivity index (χ2n) is 8.98. The van der Waals surface area contributed by atoms with Crippen LogP contribution in [0.4, 0.5) is 0 Å². The molecule has 0 bridgehead atoms. The van der Waals surface area contributed by atoms with Gasteiger partial charge in [-0.25, -0.2) is 4.79 Å². The largest absolute Gasteiger partial charge is 0.492 e. The van der Waals surface area contributed by atoms with Gasteiger partial charge < -0.3 is 18.9 Å². The van der Waals surface area contributed by atoms with Gasteiger partial charge in [0.05, 0.1) is 13.7 Å². The van der Waals surface area contributed by atoms with Gasteiger partial charge in [0.2, 0.25) is 5.91 Å². The molecule has 4 rings (SSSR count). The second kappa shape index (κ2) is 9.79. The molecule has 176 valence electrons. The number of benzene rings is 1. The smallest absolute Gasteiger partial charge is 0.343 e. The van der Waals surface area contributed by atoms with Gasteiger partial charge in [0.15, 0.2) is 0 Å². The molecule has 8 heteroatoms. The van der Waals surface area contributed by atoms with Gasteiger partial charge in [-0.3, -0.25) is 14.5 Å². The lowest BCUT2D eigenvalue weighted by atomic mass is 10.1. The van der Waals surface area contributed by atoms with Crippen molar-refractivity contribution in [2.75, 3.05) is 40.4 Å². The van der Waals surface area contributed by atoms with Crippen LogP contribution in [0.3, 0.4) is 0 Å². The van der Waals surface area contributed by atoms with E-state index in [-0.39, 0.29) is 29.7 Å². The Bertz CT molecular complexity index is 1090. The molecule has 0 spiro atoms. The monoisotopic (exact) mass is 453 g/mol. The molecular formula is C25H31N3O5. The molecule has 2 aromatic rings. The molecule has 1 atom stereocenters. The molecule has 8 nitrogen and oxygen atoms in total. The highest BCUT2D eigenvalue weighted by Gasteiger charge is 2.30. The molecule has 1 fully saturated rings. The third-order valence-electron chi connectivity index (χ3n) is 6.50. The van der Waals surface area contributed by atoms with Crippen molar-refractivity contribution < 1.29 is 19.1 Å². The van der Waals surface area contributed by atoms with Crippen LogP contribution in [-0.2, 0) is 29.0 Å². The van der Waals surface area contributed by atoms with Gasteiger partial charge in [0, 0.05) is 70.3 Å². The molecule has 0 saturated carbocycles. The fourth-order valence-corrected chi connectivity index (χ4v) is 4.61. The van der Waals surface area contributed by atoms with Gasteiger partial charge in [-0.15, -0.1) is 0 Å². The summed E-state index contributed by atoms with van der Waals surface area (Å²) >= 11 is 0. The highest BCUT2D eigenvalue weighted by Crippen LogP contribution is 2.26. The number of amides is 1. The van der Waals surface area contributed by atoms with E-state index in [1.54, 1.807) is 16.5 Å². The maximum Gasteiger partial charge on any atom is 0.343 e. The van der Waals surface area contributed by atoms with Gasteiger partial charge in [-0.1, -0.05) is 29.8 Å². The number of aryl methyl sites for hydroxylation is 1. The summed E-state index contributed by atoms with van der Waals surface area (Å²) in [5.41, 5.74) is 3.21. The lowest BCUT2D eigenvalue weighted by molar-refractivity contribution is -0.126. The number of ether oxygens (including phenoxy) is 2. The number of nitrogens with zero attached hydrogens (tertiary/aromatic N) is 3. The second-order valence-corrected chi connectivity index (χ2v) is 8.98. The molecule has 33 heavy (non-hydrogen) atoms. The van der Waals surface area contributed by atoms with Crippen LogP contribution in [0.15, 0.2) is 35.1 Å². The first-order valence-electron chi connectivity index (χ1n) is 11.4. The third-order valence-corrected chi connectivity index (χ3v) is 6.50. The van der Waals surface area contributed by atoms with Gasteiger partial charge in [0.25, 0.3) is 5.56 Å². The minimum atomic E-state index is -0.514. The van der Waals surface area contributed by atoms with E-state index >= 15 is 0 Å². The van der Waals surface area contributed by atoms with E-state index in [9.17, 15) is 14.4 Å². The van der Waals surface area contributed by atoms with Crippen molar-refractivity contribution in [1.29, 1.82) is 0 Å². The highest BCUT2D eigenvalue weighted by molar-refractivity contribution is 5.93. The fraction of sp³-hybridized carbons (Fsp3) is 0.480. The van der Waals surface area contributed by atoms with Crippen LogP contribution in [0.1, 0.15) is 33.6 Å². The van der Waals surface area contributed by atoms with Gasteiger partial charge in [-0.2, -0.15) is 0 Å². The summed E-state index contributed by atoms with van der Waals surface area (Å²) in [6.07, 6.45) is 0.940. The van der Waals surface area contributed by atoms with Crippen molar-refractivity contribution in [3.05, 3.63) is 63.1 Å². The number of carbonyl (C=O) groups excluding carboxylic acids is 2. The Balaban J connectivity index is 1.56. The molecule has 2 aliphatic heterocycles. The van der Waals surface area contributed by atoms with Crippen molar-refractivity contribution in [2.24, 2.45) is 5.92 Å². The topological polar surface area (TPSA) is 81.1 Å². The number of aromatic nitrogens is 1. The first-order chi connectivity index (χ1) is 15.9. The quantitative estimate of drug-likeness (QED) is 0.621. The van der Waals surface area contributed by atoms with Crippen LogP contribution >= 0.6 is 0 Å². The minimum absolute atomic E-state index is 0.0274. The predicted molar refractivity (Wildman–Crippen MR) is 123 cm³/mol. The van der Waals surface area contributed by atoms with Crippen molar-refractivity contribution in [2.45, 2.75) is 32.9 Å². The molecular weight excluding hydrogens is 422 g/mol. The van der Waals surface area contributed by atoms with E-state index in [2.05, 4.69) is 36.1 Å². The van der Waals surface area contributed by atoms with Crippen molar-refractivity contribution >= 4 is 11.9 Å². The number of esters is 1. The molecule has 0 N–H and O–H groups in total. The Hall–Kier alpha value is -3.13. The number of likely N-dealkylation sites (tertiary alicyclic amines) is 1. The number of pyridine rings is 1. The number of hydrogen-bond acceptors (Lipinski definition) is 6. The maximum atomic E-state index is 13.0. The Morgan fingerprint density at radius 2 is 1.88 bits per heavy atom. The molecule has 1 aromatic heterocycles. The van der Waals surface area contributed by atoms with Crippen LogP contribution in [0.5, 0.6) is 5.75 Å². The summed E-state index contributed by atoms with van der Waals surface area (Å²) in [6.45, 7) is 5.62. The summed E-state index contributed by atoms with van der Waals surface area (Å²) in [5, 5.41) is 0. The zero-order valence-corrected chi connectivity index (χ0v) is 19.5. The normalized spacial score (nSPS) is 18.7. The molecule has 1 aromatic carbocycles. The predicted octanol–water partition coefficient (Wildman–Crippen LogP) is 1.86. The van der Waals surface area contributed by atoms with Gasteiger partial charge >= 0.3 is 5.97 Å². The Morgan fingerprint density at radius 1 is 1.12 bits per heavy atom. The molecule has 3 heterocycles. The summed E-state index contributed by atoms with van der Waals surface area (Å²) in [5.74, 6) is -0.167. The highest BCUT2D eigenvalue weighted by atomic mass is 16.5. The van der Waals surface area contributed by atoms with Crippen molar-refractivity contribution in [1.82, 2.24) is 14.4 Å². The zero-order valence-electron chi connectivity index (χ0n) is 19.5. The molecule has 1 amide bonds. The van der Waals surface area contributed by atoms with Crippen LogP contribution in [0.25, 0.3) is 0 Å². The maximum absolute atomic E-state index is 13.0. The molecule has 1 unspecified atom stereocenters. The number of fused-ring (bicyclic) bond motifs is 1. The summed E-state index contributed by atoms with van der Waals surface area (Å²) in [6, 6.07) is 9.82. The average Bonchev–Trinajstić information content (AvgIpc) is 2.98. The molecule has 2 aliphatic rings. The van der Waals surface area contributed by atoms with Crippen LogP contribution in [0, 0.1) is 12.8 Å². The van der Waals surface area contributed by atoms with Crippen molar-refractivity contribution in [3.63, 3.8) is 0 Å². The van der Waals surface area contributed by atoms with E-state index in [0.29, 0.717) is 50.3 Å². The van der Waals surface area contributed by atoms with Crippen LogP contribution < -0.4 is 10.3 Å². The minimum Gasteiger partial charge on any atom is -0.492 e. The summed E-state index contributed by atoms with van der Waals surface area (Å²) < 4.78 is 12.7. The SMILES string of the molecule is COC(=O)c1c(OCC2CC(=O)N(C)C2)cc(=O)n2c1CCN(Cc1ccc(C)cc1)CC2. The van der Waals surface area contributed by atoms with Gasteiger partial charge in [-0.05, 0) is 12.5 Å². The number of carbonyl (C=O) groups is 2. The first-order valence-corrected chi connectivity index (χ1v) is 11.4. The van der Waals surface area contributed by atoms with E-state index < -0.39 is 5.97 Å². The first kappa shape index (κ1) is 23.0. The van der Waals surface area contributed by atoms with Gasteiger partial charge in [0.1, 0.15) is 11.3 Å².